The molecule has 0 saturated carbocycles. The molecule has 13 heavy (non-hydrogen) atoms. The molecule has 0 aliphatic heterocycles. The van der Waals surface area contributed by atoms with E-state index in [0.717, 1.165) is 6.42 Å². The van der Waals surface area contributed by atoms with Gasteiger partial charge in [-0.2, -0.15) is 0 Å². The first kappa shape index (κ1) is 15.0. The van der Waals surface area contributed by atoms with Gasteiger partial charge in [0.15, 0.2) is 0 Å². The van der Waals surface area contributed by atoms with Gasteiger partial charge in [0.1, 0.15) is 0 Å². The molecule has 0 aromatic rings. The molecule has 0 spiro atoms. The molecule has 1 atom stereocenters. The summed E-state index contributed by atoms with van der Waals surface area (Å²) >= 11 is 0. The molecule has 0 saturated heterocycles. The molecule has 0 rings (SSSR count). The van der Waals surface area contributed by atoms with Crippen molar-refractivity contribution in [3.8, 4) is 0 Å². The van der Waals surface area contributed by atoms with Crippen LogP contribution in [0, 0.1) is 5.92 Å². The Balaban J connectivity index is 0. The monoisotopic (exact) mass is 187 g/mol. The van der Waals surface area contributed by atoms with Crippen LogP contribution in [-0.2, 0) is 4.79 Å². The van der Waals surface area contributed by atoms with Crippen molar-refractivity contribution >= 4 is 5.91 Å². The average Bonchev–Trinajstić information content (AvgIpc) is 2.06. The van der Waals surface area contributed by atoms with Gasteiger partial charge in [-0.3, -0.25) is 4.79 Å². The number of hydrogen-bond donors (Lipinski definition) is 1. The largest absolute Gasteiger partial charge is 0.354 e. The zero-order valence-corrected chi connectivity index (χ0v) is 9.98. The van der Waals surface area contributed by atoms with Gasteiger partial charge in [-0.05, 0) is 19.3 Å². The third-order valence-corrected chi connectivity index (χ3v) is 1.55. The Hall–Kier alpha value is -0.530. The highest BCUT2D eigenvalue weighted by molar-refractivity contribution is 5.75. The van der Waals surface area contributed by atoms with Crippen molar-refractivity contribution in [3.63, 3.8) is 0 Å². The molecule has 1 amide bonds. The summed E-state index contributed by atoms with van der Waals surface area (Å²) in [5.74, 6) is 0.806. The number of amides is 1. The molecule has 0 radical (unpaired) electrons. The maximum Gasteiger partial charge on any atom is 0.219 e. The summed E-state index contributed by atoms with van der Waals surface area (Å²) in [4.78, 5) is 10.9. The summed E-state index contributed by atoms with van der Waals surface area (Å²) in [7, 11) is 0. The fourth-order valence-electron chi connectivity index (χ4n) is 1.14. The summed E-state index contributed by atoms with van der Waals surface area (Å²) in [6.45, 7) is 12.2. The minimum absolute atomic E-state index is 0.151. The number of hydrogen-bond acceptors (Lipinski definition) is 1. The second-order valence-corrected chi connectivity index (χ2v) is 3.45. The Labute approximate surface area is 83.1 Å². The summed E-state index contributed by atoms with van der Waals surface area (Å²) in [6.07, 6.45) is 1.65. The lowest BCUT2D eigenvalue weighted by Gasteiger charge is -2.14. The summed E-state index contributed by atoms with van der Waals surface area (Å²) < 4.78 is 0. The topological polar surface area (TPSA) is 29.1 Å². The van der Waals surface area contributed by atoms with Gasteiger partial charge in [-0.1, -0.05) is 34.6 Å². The van der Waals surface area contributed by atoms with Crippen LogP contribution in [0.3, 0.4) is 0 Å². The Morgan fingerprint density at radius 3 is 2.00 bits per heavy atom. The van der Waals surface area contributed by atoms with E-state index in [-0.39, 0.29) is 5.91 Å². The Morgan fingerprint density at radius 1 is 1.23 bits per heavy atom. The molecule has 2 heteroatoms. The van der Waals surface area contributed by atoms with E-state index in [9.17, 15) is 4.79 Å². The molecule has 0 aliphatic carbocycles. The van der Waals surface area contributed by atoms with Crippen molar-refractivity contribution in [2.24, 2.45) is 5.92 Å². The van der Waals surface area contributed by atoms with Crippen molar-refractivity contribution in [1.82, 2.24) is 5.32 Å². The van der Waals surface area contributed by atoms with E-state index in [0.29, 0.717) is 18.4 Å². The lowest BCUT2D eigenvalue weighted by atomic mass is 10.1. The molecule has 0 bridgehead atoms. The van der Waals surface area contributed by atoms with E-state index >= 15 is 0 Å². The highest BCUT2D eigenvalue weighted by Crippen LogP contribution is 2.03. The van der Waals surface area contributed by atoms with Crippen LogP contribution < -0.4 is 5.32 Å². The van der Waals surface area contributed by atoms with E-state index in [2.05, 4.69) is 19.2 Å². The second kappa shape index (κ2) is 9.56. The molecule has 0 aliphatic rings. The van der Waals surface area contributed by atoms with E-state index in [1.807, 2.05) is 27.7 Å². The first-order valence-corrected chi connectivity index (χ1v) is 5.35. The quantitative estimate of drug-likeness (QED) is 0.720. The van der Waals surface area contributed by atoms with Gasteiger partial charge in [0.25, 0.3) is 0 Å². The number of rotatable bonds is 4. The molecule has 0 fully saturated rings. The Kier molecular flexibility index (Phi) is 11.0. The van der Waals surface area contributed by atoms with Crippen LogP contribution in [0.2, 0.25) is 0 Å². The van der Waals surface area contributed by atoms with Crippen LogP contribution in [0.5, 0.6) is 0 Å². The molecular weight excluding hydrogens is 162 g/mol. The van der Waals surface area contributed by atoms with Crippen LogP contribution >= 0.6 is 0 Å². The van der Waals surface area contributed by atoms with E-state index in [4.69, 9.17) is 0 Å². The summed E-state index contributed by atoms with van der Waals surface area (Å²) in [5.41, 5.74) is 0. The molecule has 0 aromatic carbocycles. The van der Waals surface area contributed by atoms with Crippen LogP contribution in [-0.4, -0.2) is 11.9 Å². The summed E-state index contributed by atoms with van der Waals surface area (Å²) in [5, 5.41) is 2.92. The van der Waals surface area contributed by atoms with Gasteiger partial charge in [0.05, 0.1) is 0 Å². The van der Waals surface area contributed by atoms with Crippen molar-refractivity contribution in [3.05, 3.63) is 0 Å². The third kappa shape index (κ3) is 11.5. The van der Waals surface area contributed by atoms with Gasteiger partial charge in [0, 0.05) is 12.5 Å². The SMILES string of the molecule is CC.CCC(=O)NC(C)CC(C)C. The fraction of sp³-hybridized carbons (Fsp3) is 0.909. The molecule has 1 N–H and O–H groups in total. The Bertz CT molecular complexity index is 121. The van der Waals surface area contributed by atoms with Gasteiger partial charge in [-0.15, -0.1) is 0 Å². The Morgan fingerprint density at radius 2 is 1.69 bits per heavy atom. The van der Waals surface area contributed by atoms with E-state index in [1.54, 1.807) is 0 Å². The second-order valence-electron chi connectivity index (χ2n) is 3.45. The smallest absolute Gasteiger partial charge is 0.219 e. The lowest BCUT2D eigenvalue weighted by Crippen LogP contribution is -2.32. The van der Waals surface area contributed by atoms with Gasteiger partial charge < -0.3 is 5.32 Å². The molecule has 1 unspecified atom stereocenters. The number of nitrogens with one attached hydrogen (secondary N) is 1. The number of carbonyl (C=O) groups is 1. The lowest BCUT2D eigenvalue weighted by molar-refractivity contribution is -0.121. The summed E-state index contributed by atoms with van der Waals surface area (Å²) in [6, 6.07) is 0.322. The molecule has 0 heterocycles. The average molecular weight is 187 g/mol. The van der Waals surface area contributed by atoms with E-state index < -0.39 is 0 Å². The molecular formula is C11H25NO. The molecule has 2 nitrogen and oxygen atoms in total. The van der Waals surface area contributed by atoms with Crippen molar-refractivity contribution in [2.45, 2.75) is 60.4 Å². The van der Waals surface area contributed by atoms with Crippen molar-refractivity contribution in [1.29, 1.82) is 0 Å². The first-order valence-electron chi connectivity index (χ1n) is 5.35. The zero-order valence-electron chi connectivity index (χ0n) is 9.98. The maximum absolute atomic E-state index is 10.9. The predicted octanol–water partition coefficient (Wildman–Crippen LogP) is 2.97. The van der Waals surface area contributed by atoms with Crippen LogP contribution in [0.1, 0.15) is 54.4 Å². The van der Waals surface area contributed by atoms with E-state index in [1.165, 1.54) is 0 Å². The van der Waals surface area contributed by atoms with Gasteiger partial charge >= 0.3 is 0 Å². The first-order chi connectivity index (χ1) is 6.06. The van der Waals surface area contributed by atoms with Crippen molar-refractivity contribution < 1.29 is 4.79 Å². The van der Waals surface area contributed by atoms with Crippen LogP contribution in [0.4, 0.5) is 0 Å². The predicted molar refractivity (Wildman–Crippen MR) is 58.7 cm³/mol. The maximum atomic E-state index is 10.9. The highest BCUT2D eigenvalue weighted by atomic mass is 16.1. The van der Waals surface area contributed by atoms with Crippen LogP contribution in [0.25, 0.3) is 0 Å². The van der Waals surface area contributed by atoms with Gasteiger partial charge in [-0.25, -0.2) is 0 Å². The molecule has 80 valence electrons. The standard InChI is InChI=1S/C9H19NO.C2H6/c1-5-9(11)10-8(4)6-7(2)3;1-2/h7-8H,5-6H2,1-4H3,(H,10,11);1-2H3. The minimum atomic E-state index is 0.151. The highest BCUT2D eigenvalue weighted by Gasteiger charge is 2.06. The zero-order chi connectivity index (χ0) is 10.9. The minimum Gasteiger partial charge on any atom is -0.354 e. The van der Waals surface area contributed by atoms with Crippen molar-refractivity contribution in [2.75, 3.05) is 0 Å². The van der Waals surface area contributed by atoms with Crippen LogP contribution in [0.15, 0.2) is 0 Å². The number of carbonyl (C=O) groups excluding carboxylic acids is 1. The van der Waals surface area contributed by atoms with Gasteiger partial charge in [0.2, 0.25) is 5.91 Å². The normalized spacial score (nSPS) is 11.6. The third-order valence-electron chi connectivity index (χ3n) is 1.55. The molecule has 0 aromatic heterocycles. The fourth-order valence-corrected chi connectivity index (χ4v) is 1.14.